The molecule has 0 fully saturated rings. The molecule has 0 atom stereocenters. The van der Waals surface area contributed by atoms with E-state index in [4.69, 9.17) is 0 Å². The molecular weight excluding hydrogens is 285 g/mol. The third-order valence-corrected chi connectivity index (χ3v) is 3.91. The molecule has 0 bridgehead atoms. The van der Waals surface area contributed by atoms with Gasteiger partial charge < -0.3 is 14.6 Å². The van der Waals surface area contributed by atoms with Crippen molar-refractivity contribution in [3.05, 3.63) is 72.4 Å². The van der Waals surface area contributed by atoms with E-state index >= 15 is 0 Å². The minimum atomic E-state index is -1.49. The molecule has 2 N–H and O–H groups in total. The second-order valence-corrected chi connectivity index (χ2v) is 5.32. The van der Waals surface area contributed by atoms with E-state index in [2.05, 4.69) is 11.1 Å². The molecule has 0 amide bonds. The first kappa shape index (κ1) is 15.3. The summed E-state index contributed by atoms with van der Waals surface area (Å²) < 4.78 is 2.11. The van der Waals surface area contributed by atoms with E-state index in [0.29, 0.717) is 5.46 Å². The summed E-state index contributed by atoms with van der Waals surface area (Å²) in [6.07, 6.45) is 5.87. The van der Waals surface area contributed by atoms with Crippen molar-refractivity contribution >= 4 is 35.6 Å². The van der Waals surface area contributed by atoms with Gasteiger partial charge >= 0.3 is 7.12 Å². The Balaban J connectivity index is 2.44. The van der Waals surface area contributed by atoms with Gasteiger partial charge in [0.05, 0.1) is 11.2 Å². The second-order valence-electron chi connectivity index (χ2n) is 5.32. The zero-order valence-electron chi connectivity index (χ0n) is 13.0. The number of nitrogens with zero attached hydrogens (tertiary/aromatic N) is 1. The van der Waals surface area contributed by atoms with Gasteiger partial charge in [0, 0.05) is 16.6 Å². The lowest BCUT2D eigenvalue weighted by Gasteiger charge is -2.09. The summed E-state index contributed by atoms with van der Waals surface area (Å²) >= 11 is 0. The largest absolute Gasteiger partial charge is 0.488 e. The highest BCUT2D eigenvalue weighted by atomic mass is 16.4. The first-order valence-electron chi connectivity index (χ1n) is 7.52. The first-order valence-corrected chi connectivity index (χ1v) is 7.52. The standard InChI is InChI=1S/C19H18BNO2/c1-3-8-18-16(4-2)17-12-11-14(20(22)23)13-19(17)21(18)15-9-6-5-7-10-15/h3-13,22-23H,2H2,1H3/b8-3-. The number of fused-ring (bicyclic) bond motifs is 1. The predicted molar refractivity (Wildman–Crippen MR) is 97.9 cm³/mol. The Labute approximate surface area is 136 Å². The van der Waals surface area contributed by atoms with Gasteiger partial charge in [0.1, 0.15) is 0 Å². The van der Waals surface area contributed by atoms with Gasteiger partial charge in [-0.3, -0.25) is 0 Å². The van der Waals surface area contributed by atoms with Crippen molar-refractivity contribution < 1.29 is 10.0 Å². The van der Waals surface area contributed by atoms with Crippen LogP contribution in [0.1, 0.15) is 18.2 Å². The predicted octanol–water partition coefficient (Wildman–Crippen LogP) is 2.99. The Morgan fingerprint density at radius 1 is 1.09 bits per heavy atom. The van der Waals surface area contributed by atoms with Crippen molar-refractivity contribution in [3.8, 4) is 5.69 Å². The van der Waals surface area contributed by atoms with Crippen LogP contribution in [0.25, 0.3) is 28.7 Å². The molecule has 3 rings (SSSR count). The second kappa shape index (κ2) is 6.28. The van der Waals surface area contributed by atoms with Crippen LogP contribution in [0.5, 0.6) is 0 Å². The maximum Gasteiger partial charge on any atom is 0.488 e. The van der Waals surface area contributed by atoms with Gasteiger partial charge in [-0.05, 0) is 36.7 Å². The van der Waals surface area contributed by atoms with Crippen molar-refractivity contribution in [2.45, 2.75) is 6.92 Å². The summed E-state index contributed by atoms with van der Waals surface area (Å²) in [5, 5.41) is 20.0. The summed E-state index contributed by atoms with van der Waals surface area (Å²) in [5.41, 5.74) is 4.46. The summed E-state index contributed by atoms with van der Waals surface area (Å²) in [7, 11) is -1.49. The lowest BCUT2D eigenvalue weighted by Crippen LogP contribution is -2.29. The molecule has 0 radical (unpaired) electrons. The molecular formula is C19H18BNO2. The Morgan fingerprint density at radius 2 is 1.83 bits per heavy atom. The van der Waals surface area contributed by atoms with Crippen molar-refractivity contribution in [1.82, 2.24) is 4.57 Å². The van der Waals surface area contributed by atoms with E-state index < -0.39 is 7.12 Å². The van der Waals surface area contributed by atoms with E-state index in [0.717, 1.165) is 27.8 Å². The number of para-hydroxylation sites is 1. The number of aromatic nitrogens is 1. The molecule has 0 aliphatic rings. The summed E-state index contributed by atoms with van der Waals surface area (Å²) in [6.45, 7) is 5.92. The molecule has 23 heavy (non-hydrogen) atoms. The monoisotopic (exact) mass is 303 g/mol. The molecule has 0 unspecified atom stereocenters. The van der Waals surface area contributed by atoms with Crippen molar-refractivity contribution in [2.75, 3.05) is 0 Å². The van der Waals surface area contributed by atoms with Crippen LogP contribution >= 0.6 is 0 Å². The fourth-order valence-corrected chi connectivity index (χ4v) is 2.90. The lowest BCUT2D eigenvalue weighted by atomic mass is 9.80. The van der Waals surface area contributed by atoms with Gasteiger partial charge in [0.25, 0.3) is 0 Å². The van der Waals surface area contributed by atoms with E-state index in [1.807, 2.05) is 67.6 Å². The van der Waals surface area contributed by atoms with Crippen molar-refractivity contribution in [2.24, 2.45) is 0 Å². The molecule has 114 valence electrons. The molecule has 0 aliphatic carbocycles. The van der Waals surface area contributed by atoms with Gasteiger partial charge in [-0.1, -0.05) is 49.1 Å². The van der Waals surface area contributed by atoms with Gasteiger partial charge in [0.15, 0.2) is 0 Å². The number of hydrogen-bond donors (Lipinski definition) is 2. The molecule has 0 spiro atoms. The molecule has 0 aliphatic heterocycles. The minimum absolute atomic E-state index is 0.467. The van der Waals surface area contributed by atoms with E-state index in [9.17, 15) is 10.0 Å². The van der Waals surface area contributed by atoms with Crippen LogP contribution in [0.2, 0.25) is 0 Å². The summed E-state index contributed by atoms with van der Waals surface area (Å²) in [6, 6.07) is 15.5. The number of rotatable bonds is 4. The lowest BCUT2D eigenvalue weighted by molar-refractivity contribution is 0.426. The summed E-state index contributed by atoms with van der Waals surface area (Å²) in [5.74, 6) is 0. The van der Waals surface area contributed by atoms with E-state index in [-0.39, 0.29) is 0 Å². The Hall–Kier alpha value is -2.56. The Kier molecular flexibility index (Phi) is 4.19. The summed E-state index contributed by atoms with van der Waals surface area (Å²) in [4.78, 5) is 0. The zero-order chi connectivity index (χ0) is 16.4. The van der Waals surface area contributed by atoms with Crippen molar-refractivity contribution in [1.29, 1.82) is 0 Å². The molecule has 3 nitrogen and oxygen atoms in total. The van der Waals surface area contributed by atoms with Crippen LogP contribution in [0, 0.1) is 0 Å². The average Bonchev–Trinajstić information content (AvgIpc) is 2.88. The van der Waals surface area contributed by atoms with E-state index in [1.165, 1.54) is 0 Å². The van der Waals surface area contributed by atoms with Crippen LogP contribution in [0.3, 0.4) is 0 Å². The van der Waals surface area contributed by atoms with Crippen LogP contribution < -0.4 is 5.46 Å². The number of benzene rings is 2. The number of hydrogen-bond acceptors (Lipinski definition) is 2. The van der Waals surface area contributed by atoms with Crippen LogP contribution in [0.4, 0.5) is 0 Å². The maximum absolute atomic E-state index is 9.49. The fraction of sp³-hybridized carbons (Fsp3) is 0.0526. The van der Waals surface area contributed by atoms with Crippen LogP contribution in [0.15, 0.2) is 61.2 Å². The number of allylic oxidation sites excluding steroid dienone is 1. The Bertz CT molecular complexity index is 879. The molecule has 2 aromatic carbocycles. The maximum atomic E-state index is 9.49. The topological polar surface area (TPSA) is 45.4 Å². The quantitative estimate of drug-likeness (QED) is 0.728. The minimum Gasteiger partial charge on any atom is -0.423 e. The smallest absolute Gasteiger partial charge is 0.423 e. The highest BCUT2D eigenvalue weighted by Crippen LogP contribution is 2.31. The zero-order valence-corrected chi connectivity index (χ0v) is 13.0. The first-order chi connectivity index (χ1) is 11.2. The highest BCUT2D eigenvalue weighted by Gasteiger charge is 2.18. The Morgan fingerprint density at radius 3 is 2.43 bits per heavy atom. The third kappa shape index (κ3) is 2.63. The van der Waals surface area contributed by atoms with Gasteiger partial charge in [0.2, 0.25) is 0 Å². The average molecular weight is 303 g/mol. The van der Waals surface area contributed by atoms with Crippen LogP contribution in [-0.2, 0) is 0 Å². The van der Waals surface area contributed by atoms with Crippen molar-refractivity contribution in [3.63, 3.8) is 0 Å². The molecule has 1 aromatic heterocycles. The molecule has 1 heterocycles. The third-order valence-electron chi connectivity index (χ3n) is 3.91. The fourth-order valence-electron chi connectivity index (χ4n) is 2.90. The van der Waals surface area contributed by atoms with Gasteiger partial charge in [-0.2, -0.15) is 0 Å². The van der Waals surface area contributed by atoms with Crippen LogP contribution in [-0.4, -0.2) is 21.7 Å². The van der Waals surface area contributed by atoms with E-state index in [1.54, 1.807) is 6.07 Å². The highest BCUT2D eigenvalue weighted by molar-refractivity contribution is 6.58. The van der Waals surface area contributed by atoms with Gasteiger partial charge in [-0.25, -0.2) is 0 Å². The molecule has 4 heteroatoms. The molecule has 0 saturated heterocycles. The SMILES string of the molecule is C=Cc1c(/C=C\C)n(-c2ccccc2)c2cc(B(O)O)ccc12. The normalized spacial score (nSPS) is 11.3. The molecule has 0 saturated carbocycles. The molecule has 3 aromatic rings. The van der Waals surface area contributed by atoms with Gasteiger partial charge in [-0.15, -0.1) is 0 Å².